The summed E-state index contributed by atoms with van der Waals surface area (Å²) in [4.78, 5) is 10.4. The van der Waals surface area contributed by atoms with Crippen LogP contribution in [0.2, 0.25) is 0 Å². The second kappa shape index (κ2) is 5.49. The molecule has 0 radical (unpaired) electrons. The molecule has 2 aromatic rings. The number of benzene rings is 1. The van der Waals surface area contributed by atoms with Gasteiger partial charge in [0.05, 0.1) is 5.69 Å². The summed E-state index contributed by atoms with van der Waals surface area (Å²) in [6.07, 6.45) is 0.273. The Kier molecular flexibility index (Phi) is 3.61. The van der Waals surface area contributed by atoms with Crippen molar-refractivity contribution in [1.29, 1.82) is 0 Å². The summed E-state index contributed by atoms with van der Waals surface area (Å²) in [5.41, 5.74) is 4.20. The van der Waals surface area contributed by atoms with Crippen molar-refractivity contribution in [2.75, 3.05) is 0 Å². The predicted octanol–water partition coefficient (Wildman–Crippen LogP) is 5.12. The van der Waals surface area contributed by atoms with E-state index in [9.17, 15) is 13.2 Å². The number of aromatic nitrogens is 2. The molecule has 3 nitrogen and oxygen atoms in total. The summed E-state index contributed by atoms with van der Waals surface area (Å²) < 4.78 is 41.5. The Morgan fingerprint density at radius 3 is 2.80 bits per heavy atom. The van der Waals surface area contributed by atoms with Crippen LogP contribution in [0.5, 0.6) is 5.75 Å². The molecular formula is C18H15F3N2OS. The number of halogens is 3. The minimum Gasteiger partial charge on any atom is -0.406 e. The van der Waals surface area contributed by atoms with Crippen molar-refractivity contribution in [1.82, 2.24) is 9.97 Å². The Bertz CT molecular complexity index is 890. The molecule has 0 atom stereocenters. The molecule has 0 N–H and O–H groups in total. The number of alkyl halides is 3. The highest BCUT2D eigenvalue weighted by Gasteiger charge is 2.37. The first-order chi connectivity index (χ1) is 11.7. The second-order valence-electron chi connectivity index (χ2n) is 6.87. The number of nitrogens with zero attached hydrogens (tertiary/aromatic N) is 2. The van der Waals surface area contributed by atoms with Gasteiger partial charge in [0.25, 0.3) is 0 Å². The first kappa shape index (κ1) is 16.4. The lowest BCUT2D eigenvalue weighted by Gasteiger charge is -2.36. The van der Waals surface area contributed by atoms with Gasteiger partial charge in [0.15, 0.2) is 0 Å². The molecule has 0 fully saturated rings. The summed E-state index contributed by atoms with van der Waals surface area (Å²) in [6.45, 7) is 4.33. The van der Waals surface area contributed by atoms with Gasteiger partial charge in [-0.1, -0.05) is 31.7 Å². The van der Waals surface area contributed by atoms with Crippen molar-refractivity contribution in [3.05, 3.63) is 53.1 Å². The average Bonchev–Trinajstić information content (AvgIpc) is 2.52. The highest BCUT2D eigenvalue weighted by Crippen LogP contribution is 2.52. The van der Waals surface area contributed by atoms with Crippen molar-refractivity contribution in [3.8, 4) is 5.75 Å². The van der Waals surface area contributed by atoms with Gasteiger partial charge in [0.1, 0.15) is 12.1 Å². The van der Waals surface area contributed by atoms with Crippen LogP contribution >= 0.6 is 11.8 Å². The van der Waals surface area contributed by atoms with E-state index in [2.05, 4.69) is 28.6 Å². The zero-order chi connectivity index (χ0) is 17.8. The Hall–Kier alpha value is -2.02. The Morgan fingerprint density at radius 2 is 2.04 bits per heavy atom. The third kappa shape index (κ3) is 3.01. The number of thioether (sulfide) groups is 1. The Balaban J connectivity index is 1.74. The van der Waals surface area contributed by atoms with Crippen LogP contribution in [-0.4, -0.2) is 16.3 Å². The molecule has 0 saturated carbocycles. The number of fused-ring (bicyclic) bond motifs is 3. The first-order valence-corrected chi connectivity index (χ1v) is 8.64. The van der Waals surface area contributed by atoms with Crippen LogP contribution in [0, 0.1) is 0 Å². The van der Waals surface area contributed by atoms with E-state index in [4.69, 9.17) is 0 Å². The van der Waals surface area contributed by atoms with Crippen LogP contribution in [0.15, 0.2) is 41.2 Å². The van der Waals surface area contributed by atoms with Crippen molar-refractivity contribution >= 4 is 16.7 Å². The molecule has 130 valence electrons. The first-order valence-electron chi connectivity index (χ1n) is 7.82. The summed E-state index contributed by atoms with van der Waals surface area (Å²) >= 11 is 1.47. The lowest BCUT2D eigenvalue weighted by Crippen LogP contribution is -2.26. The van der Waals surface area contributed by atoms with E-state index in [0.717, 1.165) is 39.5 Å². The van der Waals surface area contributed by atoms with Gasteiger partial charge < -0.3 is 4.74 Å². The van der Waals surface area contributed by atoms with E-state index in [1.165, 1.54) is 35.8 Å². The molecule has 1 aliphatic heterocycles. The minimum absolute atomic E-state index is 0.0627. The number of hydrogen-bond donors (Lipinski definition) is 0. The largest absolute Gasteiger partial charge is 0.573 e. The van der Waals surface area contributed by atoms with E-state index in [1.807, 2.05) is 6.20 Å². The van der Waals surface area contributed by atoms with Gasteiger partial charge in [0, 0.05) is 21.6 Å². The van der Waals surface area contributed by atoms with Gasteiger partial charge in [0.2, 0.25) is 0 Å². The van der Waals surface area contributed by atoms with Gasteiger partial charge in [-0.25, -0.2) is 9.97 Å². The summed E-state index contributed by atoms with van der Waals surface area (Å²) in [6, 6.07) is 4.55. The standard InChI is InChI=1S/C18H15F3N2OS/c1-17(2)7-11-5-10-3-4-12(24-18(19,20)21)6-14(10)25-16(11)15-13(17)8-22-9-23-15/h3-4,6,8-9H,5,7H2,1-2H3. The third-order valence-electron chi connectivity index (χ3n) is 4.52. The lowest BCUT2D eigenvalue weighted by atomic mass is 9.73. The molecule has 1 aromatic heterocycles. The number of hydrogen-bond acceptors (Lipinski definition) is 4. The van der Waals surface area contributed by atoms with Gasteiger partial charge in [-0.05, 0) is 41.5 Å². The maximum atomic E-state index is 12.5. The highest BCUT2D eigenvalue weighted by atomic mass is 32.2. The van der Waals surface area contributed by atoms with Crippen LogP contribution in [0.1, 0.15) is 37.1 Å². The van der Waals surface area contributed by atoms with Gasteiger partial charge in [-0.15, -0.1) is 13.2 Å². The van der Waals surface area contributed by atoms with Crippen LogP contribution < -0.4 is 4.74 Å². The SMILES string of the molecule is CC1(C)CC2=C(Sc3cc(OC(F)(F)F)ccc3C2)c2ncncc21. The number of ether oxygens (including phenoxy) is 1. The zero-order valence-corrected chi connectivity index (χ0v) is 14.5. The number of rotatable bonds is 1. The molecule has 0 amide bonds. The summed E-state index contributed by atoms with van der Waals surface area (Å²) in [7, 11) is 0. The monoisotopic (exact) mass is 364 g/mol. The molecule has 0 unspecified atom stereocenters. The van der Waals surface area contributed by atoms with E-state index in [1.54, 1.807) is 6.07 Å². The van der Waals surface area contributed by atoms with Crippen LogP contribution in [0.4, 0.5) is 13.2 Å². The summed E-state index contributed by atoms with van der Waals surface area (Å²) in [5, 5.41) is 0. The Morgan fingerprint density at radius 1 is 1.24 bits per heavy atom. The quantitative estimate of drug-likeness (QED) is 0.704. The van der Waals surface area contributed by atoms with Crippen molar-refractivity contribution in [2.24, 2.45) is 0 Å². The fourth-order valence-electron chi connectivity index (χ4n) is 3.46. The molecule has 4 rings (SSSR count). The molecule has 0 bridgehead atoms. The lowest BCUT2D eigenvalue weighted by molar-refractivity contribution is -0.274. The van der Waals surface area contributed by atoms with Crippen LogP contribution in [0.25, 0.3) is 4.91 Å². The predicted molar refractivity (Wildman–Crippen MR) is 89.3 cm³/mol. The van der Waals surface area contributed by atoms with Gasteiger partial charge in [-0.2, -0.15) is 0 Å². The molecule has 0 saturated heterocycles. The fraction of sp³-hybridized carbons (Fsp3) is 0.333. The molecule has 2 heterocycles. The maximum Gasteiger partial charge on any atom is 0.573 e. The van der Waals surface area contributed by atoms with Crippen molar-refractivity contribution in [2.45, 2.75) is 43.4 Å². The third-order valence-corrected chi connectivity index (χ3v) is 5.81. The van der Waals surface area contributed by atoms with E-state index in [-0.39, 0.29) is 11.2 Å². The van der Waals surface area contributed by atoms with Gasteiger partial charge >= 0.3 is 6.36 Å². The van der Waals surface area contributed by atoms with E-state index < -0.39 is 6.36 Å². The van der Waals surface area contributed by atoms with E-state index >= 15 is 0 Å². The molecular weight excluding hydrogens is 349 g/mol. The molecule has 1 aromatic carbocycles. The van der Waals surface area contributed by atoms with Crippen molar-refractivity contribution < 1.29 is 17.9 Å². The normalized spacial score (nSPS) is 18.3. The average molecular weight is 364 g/mol. The molecule has 1 aliphatic carbocycles. The minimum atomic E-state index is -4.69. The van der Waals surface area contributed by atoms with Crippen LogP contribution in [-0.2, 0) is 11.8 Å². The molecule has 25 heavy (non-hydrogen) atoms. The molecule has 0 spiro atoms. The second-order valence-corrected chi connectivity index (χ2v) is 7.93. The Labute approximate surface area is 147 Å². The smallest absolute Gasteiger partial charge is 0.406 e. The molecule has 2 aliphatic rings. The number of allylic oxidation sites excluding steroid dienone is 1. The topological polar surface area (TPSA) is 35.0 Å². The highest BCUT2D eigenvalue weighted by molar-refractivity contribution is 8.08. The van der Waals surface area contributed by atoms with Gasteiger partial charge in [-0.3, -0.25) is 0 Å². The fourth-order valence-corrected chi connectivity index (χ4v) is 4.67. The van der Waals surface area contributed by atoms with Crippen molar-refractivity contribution in [3.63, 3.8) is 0 Å². The van der Waals surface area contributed by atoms with Crippen LogP contribution in [0.3, 0.4) is 0 Å². The molecule has 7 heteroatoms. The summed E-state index contributed by atoms with van der Waals surface area (Å²) in [5.74, 6) is -0.193. The maximum absolute atomic E-state index is 12.5. The zero-order valence-electron chi connectivity index (χ0n) is 13.6. The van der Waals surface area contributed by atoms with E-state index in [0.29, 0.717) is 0 Å².